The Morgan fingerprint density at radius 1 is 1.42 bits per heavy atom. The first-order chi connectivity index (χ1) is 5.63. The molecule has 0 aliphatic heterocycles. The molecule has 2 heteroatoms. The lowest BCUT2D eigenvalue weighted by atomic mass is 10.0. The number of rotatable bonds is 2. The molecule has 0 bridgehead atoms. The molecule has 0 N–H and O–H groups in total. The van der Waals surface area contributed by atoms with Crippen molar-refractivity contribution in [3.63, 3.8) is 0 Å². The number of aldehydes is 1. The first-order valence-corrected chi connectivity index (χ1v) is 4.65. The van der Waals surface area contributed by atoms with E-state index in [9.17, 15) is 4.79 Å². The van der Waals surface area contributed by atoms with Gasteiger partial charge < -0.3 is 4.79 Å². The first kappa shape index (κ1) is 9.46. The quantitative estimate of drug-likeness (QED) is 0.709. The topological polar surface area (TPSA) is 17.1 Å². The van der Waals surface area contributed by atoms with Crippen LogP contribution < -0.4 is 0 Å². The number of hydrogen-bond acceptors (Lipinski definition) is 1. The predicted molar refractivity (Wildman–Crippen MR) is 53.4 cm³/mol. The maximum absolute atomic E-state index is 10.5. The van der Waals surface area contributed by atoms with Gasteiger partial charge in [-0.05, 0) is 30.2 Å². The Balaban J connectivity index is 3.08. The molecule has 1 unspecified atom stereocenters. The molecule has 1 nitrogen and oxygen atoms in total. The molecule has 0 aromatic heterocycles. The fourth-order valence-corrected chi connectivity index (χ4v) is 1.73. The molecule has 64 valence electrons. The van der Waals surface area contributed by atoms with Gasteiger partial charge in [0.25, 0.3) is 0 Å². The van der Waals surface area contributed by atoms with Crippen LogP contribution in [0.25, 0.3) is 0 Å². The normalized spacial score (nSPS) is 12.6. The fourth-order valence-electron chi connectivity index (χ4n) is 1.11. The molecule has 1 rings (SSSR count). The zero-order valence-electron chi connectivity index (χ0n) is 7.17. The van der Waals surface area contributed by atoms with E-state index in [1.807, 2.05) is 32.0 Å². The van der Waals surface area contributed by atoms with Crippen LogP contribution in [0.1, 0.15) is 24.0 Å². The van der Waals surface area contributed by atoms with Crippen LogP contribution in [0, 0.1) is 6.92 Å². The summed E-state index contributed by atoms with van der Waals surface area (Å²) >= 11 is 3.39. The van der Waals surface area contributed by atoms with Crippen LogP contribution in [0.4, 0.5) is 0 Å². The average Bonchev–Trinajstić information content (AvgIpc) is 2.01. The summed E-state index contributed by atoms with van der Waals surface area (Å²) in [6.07, 6.45) is 0.960. The van der Waals surface area contributed by atoms with Crippen molar-refractivity contribution in [3.8, 4) is 0 Å². The molecule has 0 saturated carbocycles. The maximum Gasteiger partial charge on any atom is 0.127 e. The van der Waals surface area contributed by atoms with E-state index in [0.29, 0.717) is 0 Å². The lowest BCUT2D eigenvalue weighted by Crippen LogP contribution is -1.94. The second-order valence-electron chi connectivity index (χ2n) is 2.99. The standard InChI is InChI=1S/C10H11BrO/c1-7-3-9(8(2)6-12)5-10(11)4-7/h3-6,8H,1-2H3. The Hall–Kier alpha value is -0.630. The number of aryl methyl sites for hydroxylation is 1. The van der Waals surface area contributed by atoms with E-state index < -0.39 is 0 Å². The second kappa shape index (κ2) is 3.85. The number of benzene rings is 1. The van der Waals surface area contributed by atoms with Gasteiger partial charge in [-0.1, -0.05) is 28.9 Å². The predicted octanol–water partition coefficient (Wildman–Crippen LogP) is 3.06. The Bertz CT molecular complexity index is 274. The molecule has 0 radical (unpaired) electrons. The summed E-state index contributed by atoms with van der Waals surface area (Å²) < 4.78 is 1.03. The number of carbonyl (C=O) groups excluding carboxylic acids is 1. The van der Waals surface area contributed by atoms with Crippen LogP contribution in [-0.2, 0) is 4.79 Å². The van der Waals surface area contributed by atoms with Crippen molar-refractivity contribution in [1.29, 1.82) is 0 Å². The van der Waals surface area contributed by atoms with Crippen LogP contribution in [0.2, 0.25) is 0 Å². The average molecular weight is 227 g/mol. The minimum Gasteiger partial charge on any atom is -0.303 e. The molecule has 1 atom stereocenters. The maximum atomic E-state index is 10.5. The van der Waals surface area contributed by atoms with E-state index >= 15 is 0 Å². The molecule has 12 heavy (non-hydrogen) atoms. The van der Waals surface area contributed by atoms with Crippen LogP contribution >= 0.6 is 15.9 Å². The van der Waals surface area contributed by atoms with Crippen molar-refractivity contribution < 1.29 is 4.79 Å². The summed E-state index contributed by atoms with van der Waals surface area (Å²) in [5.74, 6) is -0.0128. The van der Waals surface area contributed by atoms with Gasteiger partial charge in [0.2, 0.25) is 0 Å². The Morgan fingerprint density at radius 3 is 2.58 bits per heavy atom. The molecular weight excluding hydrogens is 216 g/mol. The minimum atomic E-state index is -0.0128. The molecule has 1 aromatic rings. The SMILES string of the molecule is Cc1cc(Br)cc(C(C)C=O)c1. The van der Waals surface area contributed by atoms with Crippen LogP contribution in [-0.4, -0.2) is 6.29 Å². The Morgan fingerprint density at radius 2 is 2.08 bits per heavy atom. The van der Waals surface area contributed by atoms with Gasteiger partial charge in [-0.15, -0.1) is 0 Å². The van der Waals surface area contributed by atoms with Crippen molar-refractivity contribution in [3.05, 3.63) is 33.8 Å². The van der Waals surface area contributed by atoms with E-state index in [-0.39, 0.29) is 5.92 Å². The van der Waals surface area contributed by atoms with E-state index in [1.54, 1.807) is 0 Å². The third-order valence-electron chi connectivity index (χ3n) is 1.79. The molecule has 0 amide bonds. The second-order valence-corrected chi connectivity index (χ2v) is 3.90. The molecule has 1 aromatic carbocycles. The highest BCUT2D eigenvalue weighted by atomic mass is 79.9. The van der Waals surface area contributed by atoms with Crippen molar-refractivity contribution in [2.45, 2.75) is 19.8 Å². The van der Waals surface area contributed by atoms with Crippen molar-refractivity contribution >= 4 is 22.2 Å². The highest BCUT2D eigenvalue weighted by molar-refractivity contribution is 9.10. The van der Waals surface area contributed by atoms with Gasteiger partial charge in [-0.3, -0.25) is 0 Å². The monoisotopic (exact) mass is 226 g/mol. The zero-order chi connectivity index (χ0) is 9.14. The molecular formula is C10H11BrO. The van der Waals surface area contributed by atoms with Crippen molar-refractivity contribution in [2.75, 3.05) is 0 Å². The van der Waals surface area contributed by atoms with Gasteiger partial charge in [-0.25, -0.2) is 0 Å². The lowest BCUT2D eigenvalue weighted by molar-refractivity contribution is -0.108. The molecule has 0 aliphatic rings. The van der Waals surface area contributed by atoms with E-state index in [0.717, 1.165) is 16.3 Å². The zero-order valence-corrected chi connectivity index (χ0v) is 8.76. The van der Waals surface area contributed by atoms with Gasteiger partial charge in [0.05, 0.1) is 0 Å². The fraction of sp³-hybridized carbons (Fsp3) is 0.300. The van der Waals surface area contributed by atoms with Gasteiger partial charge in [0, 0.05) is 10.4 Å². The minimum absolute atomic E-state index is 0.0128. The van der Waals surface area contributed by atoms with E-state index in [1.165, 1.54) is 5.56 Å². The number of hydrogen-bond donors (Lipinski definition) is 0. The third kappa shape index (κ3) is 2.18. The van der Waals surface area contributed by atoms with Gasteiger partial charge >= 0.3 is 0 Å². The molecule has 0 saturated heterocycles. The summed E-state index contributed by atoms with van der Waals surface area (Å²) in [4.78, 5) is 10.5. The van der Waals surface area contributed by atoms with Crippen LogP contribution in [0.3, 0.4) is 0 Å². The van der Waals surface area contributed by atoms with Crippen LogP contribution in [0.5, 0.6) is 0 Å². The Kier molecular flexibility index (Phi) is 3.04. The van der Waals surface area contributed by atoms with Crippen molar-refractivity contribution in [2.24, 2.45) is 0 Å². The van der Waals surface area contributed by atoms with Gasteiger partial charge in [0.15, 0.2) is 0 Å². The summed E-state index contributed by atoms with van der Waals surface area (Å²) in [5.41, 5.74) is 2.24. The lowest BCUT2D eigenvalue weighted by Gasteiger charge is -2.05. The summed E-state index contributed by atoms with van der Waals surface area (Å²) in [6.45, 7) is 3.92. The van der Waals surface area contributed by atoms with E-state index in [4.69, 9.17) is 0 Å². The largest absolute Gasteiger partial charge is 0.303 e. The molecule has 0 aliphatic carbocycles. The smallest absolute Gasteiger partial charge is 0.127 e. The summed E-state index contributed by atoms with van der Waals surface area (Å²) in [6, 6.07) is 6.04. The number of halogens is 1. The number of carbonyl (C=O) groups is 1. The molecule has 0 spiro atoms. The Labute approximate surface area is 80.9 Å². The highest BCUT2D eigenvalue weighted by Crippen LogP contribution is 2.20. The summed E-state index contributed by atoms with van der Waals surface area (Å²) in [5, 5.41) is 0. The highest BCUT2D eigenvalue weighted by Gasteiger charge is 2.04. The van der Waals surface area contributed by atoms with Crippen molar-refractivity contribution in [1.82, 2.24) is 0 Å². The van der Waals surface area contributed by atoms with Crippen LogP contribution in [0.15, 0.2) is 22.7 Å². The first-order valence-electron chi connectivity index (χ1n) is 3.86. The van der Waals surface area contributed by atoms with Gasteiger partial charge in [-0.2, -0.15) is 0 Å². The van der Waals surface area contributed by atoms with E-state index in [2.05, 4.69) is 15.9 Å². The molecule has 0 heterocycles. The van der Waals surface area contributed by atoms with Gasteiger partial charge in [0.1, 0.15) is 6.29 Å². The molecule has 0 fully saturated rings. The third-order valence-corrected chi connectivity index (χ3v) is 2.25. The summed E-state index contributed by atoms with van der Waals surface area (Å²) in [7, 11) is 0.